The summed E-state index contributed by atoms with van der Waals surface area (Å²) in [6.45, 7) is 3.06. The predicted octanol–water partition coefficient (Wildman–Crippen LogP) is 3.45. The van der Waals surface area contributed by atoms with Gasteiger partial charge in [0.2, 0.25) is 5.91 Å². The number of amides is 1. The van der Waals surface area contributed by atoms with E-state index in [4.69, 9.17) is 0 Å². The average molecular weight is 366 g/mol. The molecule has 1 aliphatic carbocycles. The number of aromatic nitrogens is 1. The zero-order chi connectivity index (χ0) is 18.3. The Bertz CT molecular complexity index is 920. The highest BCUT2D eigenvalue weighted by molar-refractivity contribution is 7.80. The Labute approximate surface area is 158 Å². The fourth-order valence-electron chi connectivity index (χ4n) is 3.45. The van der Waals surface area contributed by atoms with Crippen LogP contribution in [0.5, 0.6) is 0 Å². The number of hydrogen-bond acceptors (Lipinski definition) is 3. The van der Waals surface area contributed by atoms with Crippen LogP contribution in [-0.2, 0) is 4.79 Å². The lowest BCUT2D eigenvalue weighted by Crippen LogP contribution is -2.48. The minimum absolute atomic E-state index is 0.0145. The summed E-state index contributed by atoms with van der Waals surface area (Å²) in [5.41, 5.74) is 3.78. The van der Waals surface area contributed by atoms with E-state index in [9.17, 15) is 9.59 Å². The molecule has 2 aromatic rings. The maximum absolute atomic E-state index is 12.5. The van der Waals surface area contributed by atoms with E-state index in [1.165, 1.54) is 0 Å². The van der Waals surface area contributed by atoms with Crippen LogP contribution in [0.4, 0.5) is 0 Å². The van der Waals surface area contributed by atoms with Crippen LogP contribution in [0.1, 0.15) is 42.5 Å². The summed E-state index contributed by atoms with van der Waals surface area (Å²) in [5.74, 6) is 0.841. The summed E-state index contributed by atoms with van der Waals surface area (Å²) in [6, 6.07) is 11.9. The monoisotopic (exact) mass is 366 g/mol. The molecule has 1 aromatic carbocycles. The molecule has 0 spiro atoms. The maximum Gasteiger partial charge on any atom is 0.251 e. The fourth-order valence-corrected chi connectivity index (χ4v) is 3.60. The molecule has 0 atom stereocenters. The summed E-state index contributed by atoms with van der Waals surface area (Å²) in [4.78, 5) is 29.7. The minimum atomic E-state index is 0.0145. The highest BCUT2D eigenvalue weighted by atomic mass is 32.1. The van der Waals surface area contributed by atoms with Crippen molar-refractivity contribution < 1.29 is 4.79 Å². The molecule has 1 N–H and O–H groups in total. The van der Waals surface area contributed by atoms with E-state index in [-0.39, 0.29) is 11.5 Å². The Kier molecular flexibility index (Phi) is 4.49. The summed E-state index contributed by atoms with van der Waals surface area (Å²) >= 11 is 4.36. The molecule has 4 nitrogen and oxygen atoms in total. The molecule has 0 bridgehead atoms. The number of benzene rings is 1. The van der Waals surface area contributed by atoms with Crippen molar-refractivity contribution in [2.75, 3.05) is 13.1 Å². The number of carbonyl (C=O) groups is 1. The molecule has 2 heterocycles. The molecule has 1 saturated carbocycles. The standard InChI is InChI=1S/C21H22N2O2S/c1-13(24)23-11-14(12-23)10-19(16-4-6-17(26)7-5-16)20-9-8-18(15-2-3-15)21(25)22-20/h4-10,14-15,26H,2-3,11-12H2,1H3,(H,22,25)/b19-10+. The molecular weight excluding hydrogens is 344 g/mol. The average Bonchev–Trinajstić information content (AvgIpc) is 3.39. The van der Waals surface area contributed by atoms with Gasteiger partial charge in [-0.15, -0.1) is 12.6 Å². The molecule has 0 unspecified atom stereocenters. The van der Waals surface area contributed by atoms with E-state index < -0.39 is 0 Å². The molecule has 1 aromatic heterocycles. The topological polar surface area (TPSA) is 53.2 Å². The number of aromatic amines is 1. The van der Waals surface area contributed by atoms with Crippen LogP contribution in [0.3, 0.4) is 0 Å². The zero-order valence-electron chi connectivity index (χ0n) is 14.7. The van der Waals surface area contributed by atoms with Gasteiger partial charge < -0.3 is 9.88 Å². The molecule has 1 aliphatic heterocycles. The third-order valence-electron chi connectivity index (χ3n) is 5.18. The fraction of sp³-hybridized carbons (Fsp3) is 0.333. The van der Waals surface area contributed by atoms with E-state index in [2.05, 4.69) is 23.7 Å². The SMILES string of the molecule is CC(=O)N1CC(/C=C(\c2ccc(S)cc2)c2ccc(C3CC3)c(=O)[nH]2)C1. The number of likely N-dealkylation sites (tertiary alicyclic amines) is 1. The van der Waals surface area contributed by atoms with Crippen molar-refractivity contribution in [3.8, 4) is 0 Å². The molecule has 0 radical (unpaired) electrons. The predicted molar refractivity (Wildman–Crippen MR) is 106 cm³/mol. The molecule has 26 heavy (non-hydrogen) atoms. The number of pyridine rings is 1. The van der Waals surface area contributed by atoms with Crippen molar-refractivity contribution in [2.24, 2.45) is 5.92 Å². The Morgan fingerprint density at radius 2 is 1.85 bits per heavy atom. The number of nitrogens with zero attached hydrogens (tertiary/aromatic N) is 1. The Morgan fingerprint density at radius 3 is 2.42 bits per heavy atom. The van der Waals surface area contributed by atoms with Gasteiger partial charge in [0.1, 0.15) is 0 Å². The van der Waals surface area contributed by atoms with Gasteiger partial charge in [-0.3, -0.25) is 9.59 Å². The van der Waals surface area contributed by atoms with Gasteiger partial charge in [-0.1, -0.05) is 24.3 Å². The quantitative estimate of drug-likeness (QED) is 0.815. The van der Waals surface area contributed by atoms with Gasteiger partial charge >= 0.3 is 0 Å². The molecule has 5 heteroatoms. The van der Waals surface area contributed by atoms with E-state index >= 15 is 0 Å². The second-order valence-electron chi connectivity index (χ2n) is 7.24. The third kappa shape index (κ3) is 3.49. The van der Waals surface area contributed by atoms with Gasteiger partial charge in [0, 0.05) is 47.7 Å². The van der Waals surface area contributed by atoms with Crippen molar-refractivity contribution in [1.82, 2.24) is 9.88 Å². The van der Waals surface area contributed by atoms with E-state index in [0.717, 1.165) is 53.2 Å². The zero-order valence-corrected chi connectivity index (χ0v) is 15.6. The molecule has 1 amide bonds. The first-order valence-electron chi connectivity index (χ1n) is 9.01. The Hall–Kier alpha value is -2.27. The first kappa shape index (κ1) is 17.2. The third-order valence-corrected chi connectivity index (χ3v) is 5.48. The van der Waals surface area contributed by atoms with E-state index in [1.54, 1.807) is 6.92 Å². The molecular formula is C21H22N2O2S. The van der Waals surface area contributed by atoms with Gasteiger partial charge in [-0.25, -0.2) is 0 Å². The van der Waals surface area contributed by atoms with Gasteiger partial charge in [-0.2, -0.15) is 0 Å². The molecule has 1 saturated heterocycles. The van der Waals surface area contributed by atoms with Crippen LogP contribution in [0, 0.1) is 5.92 Å². The van der Waals surface area contributed by atoms with Crippen LogP contribution < -0.4 is 5.56 Å². The van der Waals surface area contributed by atoms with Crippen molar-refractivity contribution >= 4 is 24.1 Å². The largest absolute Gasteiger partial charge is 0.342 e. The van der Waals surface area contributed by atoms with Crippen molar-refractivity contribution in [3.63, 3.8) is 0 Å². The summed E-state index contributed by atoms with van der Waals surface area (Å²) in [6.07, 6.45) is 4.39. The van der Waals surface area contributed by atoms with Gasteiger partial charge in [-0.05, 0) is 42.5 Å². The van der Waals surface area contributed by atoms with Crippen molar-refractivity contribution in [1.29, 1.82) is 0 Å². The number of nitrogens with one attached hydrogen (secondary N) is 1. The smallest absolute Gasteiger partial charge is 0.251 e. The van der Waals surface area contributed by atoms with Crippen molar-refractivity contribution in [2.45, 2.75) is 30.6 Å². The summed E-state index contributed by atoms with van der Waals surface area (Å²) < 4.78 is 0. The Balaban J connectivity index is 1.68. The van der Waals surface area contributed by atoms with Gasteiger partial charge in [0.15, 0.2) is 0 Å². The van der Waals surface area contributed by atoms with Crippen LogP contribution in [0.15, 0.2) is 52.2 Å². The Morgan fingerprint density at radius 1 is 1.15 bits per heavy atom. The van der Waals surface area contributed by atoms with Crippen LogP contribution in [-0.4, -0.2) is 28.9 Å². The number of H-pyrrole nitrogens is 1. The second-order valence-corrected chi connectivity index (χ2v) is 7.76. The normalized spacial score (nSPS) is 17.9. The molecule has 2 fully saturated rings. The lowest BCUT2D eigenvalue weighted by molar-refractivity contribution is -0.133. The van der Waals surface area contributed by atoms with Gasteiger partial charge in [0.25, 0.3) is 5.56 Å². The molecule has 134 valence electrons. The summed E-state index contributed by atoms with van der Waals surface area (Å²) in [5, 5.41) is 0. The first-order valence-corrected chi connectivity index (χ1v) is 9.46. The molecule has 4 rings (SSSR count). The maximum atomic E-state index is 12.5. The summed E-state index contributed by atoms with van der Waals surface area (Å²) in [7, 11) is 0. The number of rotatable bonds is 4. The number of thiol groups is 1. The van der Waals surface area contributed by atoms with Gasteiger partial charge in [0.05, 0.1) is 0 Å². The molecule has 2 aliphatic rings. The van der Waals surface area contributed by atoms with Crippen LogP contribution in [0.25, 0.3) is 5.57 Å². The highest BCUT2D eigenvalue weighted by Crippen LogP contribution is 2.38. The van der Waals surface area contributed by atoms with E-state index in [1.807, 2.05) is 41.3 Å². The number of hydrogen-bond donors (Lipinski definition) is 2. The second kappa shape index (κ2) is 6.80. The van der Waals surface area contributed by atoms with Crippen LogP contribution in [0.2, 0.25) is 0 Å². The lowest BCUT2D eigenvalue weighted by Gasteiger charge is -2.37. The lowest BCUT2D eigenvalue weighted by atomic mass is 9.92. The number of carbonyl (C=O) groups excluding carboxylic acids is 1. The first-order chi connectivity index (χ1) is 12.5. The van der Waals surface area contributed by atoms with Crippen molar-refractivity contribution in [3.05, 3.63) is 69.6 Å². The minimum Gasteiger partial charge on any atom is -0.342 e. The highest BCUT2D eigenvalue weighted by Gasteiger charge is 2.28. The van der Waals surface area contributed by atoms with E-state index in [0.29, 0.717) is 11.8 Å². The van der Waals surface area contributed by atoms with Crippen LogP contribution >= 0.6 is 12.6 Å².